The number of rotatable bonds is 5. The Kier molecular flexibility index (Phi) is 5.75. The number of nitrogen functional groups attached to an aromatic ring is 1. The van der Waals surface area contributed by atoms with Crippen molar-refractivity contribution in [3.8, 4) is 11.1 Å². The maximum atomic E-state index is 13.2. The van der Waals surface area contributed by atoms with E-state index in [1.54, 1.807) is 60.7 Å². The molecule has 0 bridgehead atoms. The van der Waals surface area contributed by atoms with Crippen molar-refractivity contribution < 1.29 is 13.4 Å². The molecule has 4 rings (SSSR count). The van der Waals surface area contributed by atoms with Crippen LogP contribution >= 0.6 is 0 Å². The van der Waals surface area contributed by atoms with E-state index in [1.807, 2.05) is 0 Å². The van der Waals surface area contributed by atoms with Crippen LogP contribution in [0.3, 0.4) is 0 Å². The van der Waals surface area contributed by atoms with Crippen LogP contribution in [0.1, 0.15) is 10.4 Å². The average molecular weight is 446 g/mol. The molecule has 0 aliphatic heterocycles. The van der Waals surface area contributed by atoms with Gasteiger partial charge >= 0.3 is 0 Å². The van der Waals surface area contributed by atoms with Gasteiger partial charge in [-0.15, -0.1) is 0 Å². The second-order valence-electron chi connectivity index (χ2n) is 7.16. The zero-order valence-electron chi connectivity index (χ0n) is 16.9. The third kappa shape index (κ3) is 4.38. The van der Waals surface area contributed by atoms with Crippen molar-refractivity contribution in [3.05, 3.63) is 108 Å². The van der Waals surface area contributed by atoms with Crippen LogP contribution in [0, 0.1) is 10.6 Å². The molecule has 0 fully saturated rings. The second-order valence-corrected chi connectivity index (χ2v) is 9.21. The zero-order chi connectivity index (χ0) is 22.7. The van der Waals surface area contributed by atoms with Crippen LogP contribution in [0.5, 0.6) is 0 Å². The molecule has 1 atom stereocenters. The van der Waals surface area contributed by atoms with E-state index in [2.05, 4.69) is 5.32 Å². The molecule has 0 saturated heterocycles. The summed E-state index contributed by atoms with van der Waals surface area (Å²) in [5.41, 5.74) is 8.74. The lowest BCUT2D eigenvalue weighted by Crippen LogP contribution is -2.13. The summed E-state index contributed by atoms with van der Waals surface area (Å²) in [6, 6.07) is 25.9. The van der Waals surface area contributed by atoms with Gasteiger partial charge in [-0.05, 0) is 71.8 Å². The van der Waals surface area contributed by atoms with Crippen LogP contribution in [0.4, 0.5) is 15.8 Å². The summed E-state index contributed by atoms with van der Waals surface area (Å²) in [5.74, 6) is -0.722. The fourth-order valence-corrected chi connectivity index (χ4v) is 4.56. The number of hydrogen-bond acceptors (Lipinski definition) is 4. The zero-order valence-corrected chi connectivity index (χ0v) is 17.7. The van der Waals surface area contributed by atoms with Crippen molar-refractivity contribution in [1.82, 2.24) is 0 Å². The number of nitrogens with one attached hydrogen (secondary N) is 2. The predicted molar refractivity (Wildman–Crippen MR) is 124 cm³/mol. The Hall–Kier alpha value is -3.97. The summed E-state index contributed by atoms with van der Waals surface area (Å²) in [7, 11) is -3.16. The smallest absolute Gasteiger partial charge is 0.255 e. The summed E-state index contributed by atoms with van der Waals surface area (Å²) in [4.78, 5) is 13.5. The van der Waals surface area contributed by atoms with E-state index in [1.165, 1.54) is 36.4 Å². The molecule has 0 heterocycles. The Balaban J connectivity index is 1.56. The lowest BCUT2D eigenvalue weighted by atomic mass is 10.0. The Morgan fingerprint density at radius 1 is 0.812 bits per heavy atom. The quantitative estimate of drug-likeness (QED) is 0.339. The highest BCUT2D eigenvalue weighted by molar-refractivity contribution is 7.92. The van der Waals surface area contributed by atoms with Crippen molar-refractivity contribution >= 4 is 27.0 Å². The van der Waals surface area contributed by atoms with E-state index < -0.39 is 15.6 Å². The Bertz CT molecular complexity index is 1370. The van der Waals surface area contributed by atoms with Gasteiger partial charge in [0.05, 0.1) is 21.2 Å². The maximum Gasteiger partial charge on any atom is 0.255 e. The van der Waals surface area contributed by atoms with E-state index in [-0.39, 0.29) is 5.82 Å². The lowest BCUT2D eigenvalue weighted by molar-refractivity contribution is 0.102. The third-order valence-corrected chi connectivity index (χ3v) is 6.87. The molecule has 0 aromatic heterocycles. The fourth-order valence-electron chi connectivity index (χ4n) is 3.23. The number of amides is 1. The molecule has 4 aromatic carbocycles. The fraction of sp³-hybridized carbons (Fsp3) is 0. The molecule has 5 nitrogen and oxygen atoms in total. The Morgan fingerprint density at radius 2 is 1.41 bits per heavy atom. The highest BCUT2D eigenvalue weighted by Gasteiger charge is 2.15. The SMILES string of the molecule is N=S(=O)(c1ccccc1)c1ccc(C(=O)Nc2cc(-c3ccc(F)cc3)ccc2N)cc1. The van der Waals surface area contributed by atoms with E-state index >= 15 is 0 Å². The highest BCUT2D eigenvalue weighted by atomic mass is 32.2. The second kappa shape index (κ2) is 8.64. The van der Waals surface area contributed by atoms with Gasteiger partial charge in [0.2, 0.25) is 0 Å². The first kappa shape index (κ1) is 21.3. The number of carbonyl (C=O) groups excluding carboxylic acids is 1. The highest BCUT2D eigenvalue weighted by Crippen LogP contribution is 2.28. The van der Waals surface area contributed by atoms with Gasteiger partial charge in [0, 0.05) is 5.56 Å². The van der Waals surface area contributed by atoms with Crippen molar-refractivity contribution in [2.45, 2.75) is 9.79 Å². The number of halogens is 1. The molecule has 1 amide bonds. The molecular weight excluding hydrogens is 425 g/mol. The van der Waals surface area contributed by atoms with Crippen LogP contribution in [0.2, 0.25) is 0 Å². The minimum atomic E-state index is -3.16. The summed E-state index contributed by atoms with van der Waals surface area (Å²) >= 11 is 0. The molecule has 1 unspecified atom stereocenters. The monoisotopic (exact) mass is 445 g/mol. The van der Waals surface area contributed by atoms with Crippen molar-refractivity contribution in [3.63, 3.8) is 0 Å². The number of anilines is 2. The van der Waals surface area contributed by atoms with Crippen LogP contribution < -0.4 is 11.1 Å². The van der Waals surface area contributed by atoms with Gasteiger partial charge < -0.3 is 11.1 Å². The normalized spacial score (nSPS) is 12.7. The molecule has 0 spiro atoms. The standard InChI is InChI=1S/C25H20FN3O2S/c26-20-11-6-17(7-12-20)19-10-15-23(27)24(16-19)29-25(30)18-8-13-22(14-9-18)32(28,31)21-4-2-1-3-5-21/h1-16,28H,27H2,(H,29,30). The Morgan fingerprint density at radius 3 is 2.06 bits per heavy atom. The molecule has 0 saturated carbocycles. The molecule has 4 aromatic rings. The van der Waals surface area contributed by atoms with E-state index in [0.29, 0.717) is 26.7 Å². The molecule has 160 valence electrons. The molecule has 0 radical (unpaired) electrons. The summed E-state index contributed by atoms with van der Waals surface area (Å²) in [6.07, 6.45) is 0. The van der Waals surface area contributed by atoms with Gasteiger partial charge in [-0.3, -0.25) is 4.79 Å². The summed E-state index contributed by atoms with van der Waals surface area (Å²) < 4.78 is 34.4. The van der Waals surface area contributed by atoms with Crippen LogP contribution in [-0.2, 0) is 9.73 Å². The largest absolute Gasteiger partial charge is 0.397 e. The van der Waals surface area contributed by atoms with Crippen molar-refractivity contribution in [2.75, 3.05) is 11.1 Å². The topological polar surface area (TPSA) is 96.0 Å². The first-order valence-electron chi connectivity index (χ1n) is 9.75. The average Bonchev–Trinajstić information content (AvgIpc) is 2.81. The molecule has 4 N–H and O–H groups in total. The minimum Gasteiger partial charge on any atom is -0.397 e. The third-order valence-electron chi connectivity index (χ3n) is 5.00. The van der Waals surface area contributed by atoms with Crippen LogP contribution in [-0.4, -0.2) is 10.1 Å². The lowest BCUT2D eigenvalue weighted by Gasteiger charge is -2.12. The molecule has 0 aliphatic carbocycles. The minimum absolute atomic E-state index is 0.318. The summed E-state index contributed by atoms with van der Waals surface area (Å²) in [5, 5.41) is 2.78. The van der Waals surface area contributed by atoms with Crippen molar-refractivity contribution in [1.29, 1.82) is 4.78 Å². The van der Waals surface area contributed by atoms with Gasteiger partial charge in [-0.25, -0.2) is 13.4 Å². The van der Waals surface area contributed by atoms with Gasteiger partial charge in [-0.1, -0.05) is 36.4 Å². The van der Waals surface area contributed by atoms with E-state index in [0.717, 1.165) is 11.1 Å². The maximum absolute atomic E-state index is 13.2. The molecular formula is C25H20FN3O2S. The predicted octanol–water partition coefficient (Wildman–Crippen LogP) is 5.79. The van der Waals surface area contributed by atoms with E-state index in [9.17, 15) is 13.4 Å². The van der Waals surface area contributed by atoms with Crippen LogP contribution in [0.25, 0.3) is 11.1 Å². The van der Waals surface area contributed by atoms with Gasteiger partial charge in [0.25, 0.3) is 5.91 Å². The molecule has 0 aliphatic rings. The van der Waals surface area contributed by atoms with E-state index in [4.69, 9.17) is 10.5 Å². The first-order valence-corrected chi connectivity index (χ1v) is 11.3. The Labute approximate surface area is 185 Å². The van der Waals surface area contributed by atoms with Gasteiger partial charge in [0.1, 0.15) is 15.5 Å². The first-order chi connectivity index (χ1) is 15.3. The molecule has 32 heavy (non-hydrogen) atoms. The summed E-state index contributed by atoms with van der Waals surface area (Å²) in [6.45, 7) is 0. The number of benzene rings is 4. The van der Waals surface area contributed by atoms with Crippen molar-refractivity contribution in [2.24, 2.45) is 0 Å². The van der Waals surface area contributed by atoms with Gasteiger partial charge in [-0.2, -0.15) is 0 Å². The van der Waals surface area contributed by atoms with Crippen LogP contribution in [0.15, 0.2) is 107 Å². The number of carbonyl (C=O) groups is 1. The van der Waals surface area contributed by atoms with Gasteiger partial charge in [0.15, 0.2) is 0 Å². The number of nitrogens with two attached hydrogens (primary N) is 1. The number of hydrogen-bond donors (Lipinski definition) is 3. The molecule has 7 heteroatoms.